The molecule has 2 rings (SSSR count). The van der Waals surface area contributed by atoms with Crippen molar-refractivity contribution in [1.29, 1.82) is 0 Å². The van der Waals surface area contributed by atoms with Crippen molar-refractivity contribution >= 4 is 22.5 Å². The van der Waals surface area contributed by atoms with Gasteiger partial charge in [0.25, 0.3) is 0 Å². The summed E-state index contributed by atoms with van der Waals surface area (Å²) in [5.41, 5.74) is 0.872. The molecule has 0 N–H and O–H groups in total. The maximum absolute atomic E-state index is 5.89. The van der Waals surface area contributed by atoms with E-state index in [1.165, 1.54) is 0 Å². The van der Waals surface area contributed by atoms with Crippen LogP contribution in [0.4, 0.5) is 0 Å². The Bertz CT molecular complexity index is 384. The van der Waals surface area contributed by atoms with E-state index in [-0.39, 0.29) is 19.5 Å². The number of nitrogens with zero attached hydrogens (tertiary/aromatic N) is 1. The monoisotopic (exact) mass is 227 g/mol. The number of benzene rings is 1. The van der Waals surface area contributed by atoms with Gasteiger partial charge in [0.1, 0.15) is 0 Å². The number of halogens is 1. The van der Waals surface area contributed by atoms with Crippen LogP contribution in [0.1, 0.15) is 0 Å². The fraction of sp³-hybridized carbons (Fsp3) is 0. The molecule has 0 saturated carbocycles. The SMILES string of the molecule is Clc1cccc2cccnc12.[Zn]. The van der Waals surface area contributed by atoms with Crippen molar-refractivity contribution < 1.29 is 19.5 Å². The minimum Gasteiger partial charge on any atom is -0.255 e. The second-order valence-electron chi connectivity index (χ2n) is 2.31. The number of rotatable bonds is 0. The maximum atomic E-state index is 5.89. The summed E-state index contributed by atoms with van der Waals surface area (Å²) in [5, 5.41) is 1.79. The van der Waals surface area contributed by atoms with Gasteiger partial charge in [0.15, 0.2) is 0 Å². The molecule has 0 bridgehead atoms. The topological polar surface area (TPSA) is 12.9 Å². The summed E-state index contributed by atoms with van der Waals surface area (Å²) in [6.07, 6.45) is 1.74. The molecule has 0 unspecified atom stereocenters. The number of para-hydroxylation sites is 1. The molecule has 2 aromatic rings. The fourth-order valence-corrected chi connectivity index (χ4v) is 1.30. The summed E-state index contributed by atoms with van der Waals surface area (Å²) in [4.78, 5) is 4.15. The first kappa shape index (κ1) is 9.63. The third-order valence-electron chi connectivity index (χ3n) is 1.58. The molecule has 0 saturated heterocycles. The van der Waals surface area contributed by atoms with E-state index in [0.29, 0.717) is 5.02 Å². The van der Waals surface area contributed by atoms with Crippen LogP contribution in [0, 0.1) is 0 Å². The van der Waals surface area contributed by atoms with Crippen LogP contribution in [0.3, 0.4) is 0 Å². The van der Waals surface area contributed by atoms with E-state index in [1.54, 1.807) is 6.20 Å². The van der Waals surface area contributed by atoms with E-state index in [2.05, 4.69) is 4.98 Å². The summed E-state index contributed by atoms with van der Waals surface area (Å²) in [5.74, 6) is 0. The summed E-state index contributed by atoms with van der Waals surface area (Å²) in [6, 6.07) is 9.66. The van der Waals surface area contributed by atoms with Gasteiger partial charge in [-0.3, -0.25) is 4.98 Å². The van der Waals surface area contributed by atoms with E-state index in [9.17, 15) is 0 Å². The number of fused-ring (bicyclic) bond motifs is 1. The van der Waals surface area contributed by atoms with Crippen LogP contribution in [-0.2, 0) is 19.5 Å². The Morgan fingerprint density at radius 3 is 2.58 bits per heavy atom. The molecule has 0 aliphatic carbocycles. The van der Waals surface area contributed by atoms with Crippen LogP contribution in [0.2, 0.25) is 5.02 Å². The first-order valence-corrected chi connectivity index (χ1v) is 3.75. The summed E-state index contributed by atoms with van der Waals surface area (Å²) < 4.78 is 0. The molecule has 56 valence electrons. The fourth-order valence-electron chi connectivity index (χ4n) is 1.07. The van der Waals surface area contributed by atoms with Crippen molar-refractivity contribution in [3.8, 4) is 0 Å². The Hall–Kier alpha value is -0.457. The average Bonchev–Trinajstić information content (AvgIpc) is 2.06. The van der Waals surface area contributed by atoms with E-state index < -0.39 is 0 Å². The average molecular weight is 229 g/mol. The van der Waals surface area contributed by atoms with Gasteiger partial charge in [-0.1, -0.05) is 29.8 Å². The van der Waals surface area contributed by atoms with Crippen LogP contribution in [0.15, 0.2) is 36.5 Å². The zero-order chi connectivity index (χ0) is 7.68. The van der Waals surface area contributed by atoms with Gasteiger partial charge in [-0.2, -0.15) is 0 Å². The molecule has 0 aliphatic rings. The molecule has 0 spiro atoms. The number of pyridine rings is 1. The van der Waals surface area contributed by atoms with Gasteiger partial charge in [0.2, 0.25) is 0 Å². The third kappa shape index (κ3) is 1.65. The Morgan fingerprint density at radius 1 is 1.08 bits per heavy atom. The molecule has 12 heavy (non-hydrogen) atoms. The molecule has 1 aromatic carbocycles. The van der Waals surface area contributed by atoms with Crippen LogP contribution in [-0.4, -0.2) is 4.98 Å². The zero-order valence-electron chi connectivity index (χ0n) is 6.50. The largest absolute Gasteiger partial charge is 0.255 e. The van der Waals surface area contributed by atoms with Crippen molar-refractivity contribution in [2.24, 2.45) is 0 Å². The summed E-state index contributed by atoms with van der Waals surface area (Å²) in [7, 11) is 0. The molecule has 3 heteroatoms. The first-order chi connectivity index (χ1) is 5.38. The maximum Gasteiger partial charge on any atom is 0.0888 e. The van der Waals surface area contributed by atoms with Gasteiger partial charge in [0.05, 0.1) is 10.5 Å². The van der Waals surface area contributed by atoms with Gasteiger partial charge in [0, 0.05) is 31.1 Å². The Labute approximate surface area is 88.5 Å². The van der Waals surface area contributed by atoms with Crippen LogP contribution >= 0.6 is 11.6 Å². The van der Waals surface area contributed by atoms with E-state index >= 15 is 0 Å². The minimum atomic E-state index is 0. The number of aromatic nitrogens is 1. The van der Waals surface area contributed by atoms with Crippen molar-refractivity contribution in [1.82, 2.24) is 4.98 Å². The molecule has 1 aromatic heterocycles. The molecule has 1 heterocycles. The smallest absolute Gasteiger partial charge is 0.0888 e. The first-order valence-electron chi connectivity index (χ1n) is 3.37. The molecule has 1 nitrogen and oxygen atoms in total. The van der Waals surface area contributed by atoms with Crippen molar-refractivity contribution in [2.75, 3.05) is 0 Å². The second kappa shape index (κ2) is 3.97. The molecule has 0 aliphatic heterocycles. The van der Waals surface area contributed by atoms with E-state index in [1.807, 2.05) is 30.3 Å². The number of hydrogen-bond acceptors (Lipinski definition) is 1. The van der Waals surface area contributed by atoms with Crippen molar-refractivity contribution in [3.05, 3.63) is 41.6 Å². The third-order valence-corrected chi connectivity index (χ3v) is 1.89. The van der Waals surface area contributed by atoms with Gasteiger partial charge in [-0.25, -0.2) is 0 Å². The summed E-state index contributed by atoms with van der Waals surface area (Å²) in [6.45, 7) is 0. The Morgan fingerprint density at radius 2 is 1.83 bits per heavy atom. The molecule has 0 fully saturated rings. The van der Waals surface area contributed by atoms with Crippen LogP contribution in [0.5, 0.6) is 0 Å². The Balaban J connectivity index is 0.000000720. The van der Waals surface area contributed by atoms with Crippen LogP contribution in [0.25, 0.3) is 10.9 Å². The van der Waals surface area contributed by atoms with Gasteiger partial charge in [-0.15, -0.1) is 0 Å². The second-order valence-corrected chi connectivity index (χ2v) is 2.72. The van der Waals surface area contributed by atoms with Crippen LogP contribution < -0.4 is 0 Å². The van der Waals surface area contributed by atoms with Gasteiger partial charge >= 0.3 is 0 Å². The van der Waals surface area contributed by atoms with E-state index in [0.717, 1.165) is 10.9 Å². The molecular formula is C9H6ClNZn. The quantitative estimate of drug-likeness (QED) is 0.633. The predicted octanol–water partition coefficient (Wildman–Crippen LogP) is 2.89. The van der Waals surface area contributed by atoms with E-state index in [4.69, 9.17) is 11.6 Å². The van der Waals surface area contributed by atoms with Gasteiger partial charge < -0.3 is 0 Å². The van der Waals surface area contributed by atoms with Gasteiger partial charge in [-0.05, 0) is 12.1 Å². The minimum absolute atomic E-state index is 0. The Kier molecular flexibility index (Phi) is 3.19. The standard InChI is InChI=1S/C9H6ClN.Zn/c10-8-5-1-3-7-4-2-6-11-9(7)8;/h1-6H;. The van der Waals surface area contributed by atoms with Crippen molar-refractivity contribution in [3.63, 3.8) is 0 Å². The molecule has 0 amide bonds. The molecular weight excluding hydrogens is 223 g/mol. The molecule has 0 radical (unpaired) electrons. The molecule has 0 atom stereocenters. The van der Waals surface area contributed by atoms with Crippen molar-refractivity contribution in [2.45, 2.75) is 0 Å². The zero-order valence-corrected chi connectivity index (χ0v) is 10.2. The number of hydrogen-bond donors (Lipinski definition) is 0. The summed E-state index contributed by atoms with van der Waals surface area (Å²) >= 11 is 5.89. The predicted molar refractivity (Wildman–Crippen MR) is 46.8 cm³/mol. The normalized spacial score (nSPS) is 9.42.